The first kappa shape index (κ1) is 14.9. The summed E-state index contributed by atoms with van der Waals surface area (Å²) in [6, 6.07) is 9.21. The largest absolute Gasteiger partial charge is 0.393 e. The Kier molecular flexibility index (Phi) is 6.04. The molecule has 0 aliphatic rings. The molecule has 2 N–H and O–H groups in total. The van der Waals surface area contributed by atoms with Crippen LogP contribution in [0, 0.1) is 0 Å². The molecule has 1 atom stereocenters. The molecule has 0 amide bonds. The molecule has 1 aromatic rings. The van der Waals surface area contributed by atoms with Crippen LogP contribution in [0.25, 0.3) is 6.08 Å². The number of hydrogen-bond donors (Lipinski definition) is 2. The Bertz CT molecular complexity index is 468. The van der Waals surface area contributed by atoms with Gasteiger partial charge in [0.15, 0.2) is 0 Å². The van der Waals surface area contributed by atoms with Gasteiger partial charge in [0.1, 0.15) is 0 Å². The van der Waals surface area contributed by atoms with E-state index in [0.717, 1.165) is 11.0 Å². The quantitative estimate of drug-likeness (QED) is 0.792. The zero-order chi connectivity index (χ0) is 13.4. The van der Waals surface area contributed by atoms with Crippen LogP contribution in [0.3, 0.4) is 0 Å². The van der Waals surface area contributed by atoms with Crippen molar-refractivity contribution in [3.63, 3.8) is 0 Å². The molecule has 0 saturated heterocycles. The molecule has 0 aromatic heterocycles. The molecule has 0 saturated carbocycles. The number of benzene rings is 1. The molecule has 100 valence electrons. The van der Waals surface area contributed by atoms with Crippen LogP contribution in [-0.4, -0.2) is 26.2 Å². The highest BCUT2D eigenvalue weighted by molar-refractivity contribution is 7.92. The van der Waals surface area contributed by atoms with Gasteiger partial charge in [-0.2, -0.15) is 0 Å². The second-order valence-corrected chi connectivity index (χ2v) is 5.65. The lowest BCUT2D eigenvalue weighted by Crippen LogP contribution is -2.25. The van der Waals surface area contributed by atoms with Crippen LogP contribution in [0.2, 0.25) is 0 Å². The summed E-state index contributed by atoms with van der Waals surface area (Å²) in [6.45, 7) is 2.10. The van der Waals surface area contributed by atoms with Crippen LogP contribution in [0.15, 0.2) is 35.7 Å². The summed E-state index contributed by atoms with van der Waals surface area (Å²) in [5, 5.41) is 10.4. The molecule has 1 aromatic carbocycles. The number of hydrogen-bond acceptors (Lipinski definition) is 3. The van der Waals surface area contributed by atoms with Crippen molar-refractivity contribution in [2.75, 3.05) is 6.54 Å². The Labute approximate surface area is 108 Å². The predicted molar refractivity (Wildman–Crippen MR) is 73.3 cm³/mol. The maximum Gasteiger partial charge on any atom is 0.233 e. The first-order valence-corrected chi connectivity index (χ1v) is 7.49. The van der Waals surface area contributed by atoms with E-state index in [1.54, 1.807) is 6.08 Å². The summed E-state index contributed by atoms with van der Waals surface area (Å²) in [5.74, 6) is 0. The first-order chi connectivity index (χ1) is 8.53. The zero-order valence-electron chi connectivity index (χ0n) is 10.4. The van der Waals surface area contributed by atoms with Crippen LogP contribution >= 0.6 is 0 Å². The van der Waals surface area contributed by atoms with Crippen molar-refractivity contribution < 1.29 is 13.5 Å². The summed E-state index contributed by atoms with van der Waals surface area (Å²) in [5.41, 5.74) is 0.830. The van der Waals surface area contributed by atoms with Crippen molar-refractivity contribution in [1.82, 2.24) is 4.72 Å². The lowest BCUT2D eigenvalue weighted by molar-refractivity contribution is 0.162. The van der Waals surface area contributed by atoms with Gasteiger partial charge in [-0.15, -0.1) is 0 Å². The third-order valence-electron chi connectivity index (χ3n) is 2.49. The van der Waals surface area contributed by atoms with Crippen molar-refractivity contribution in [3.05, 3.63) is 41.3 Å². The molecule has 1 rings (SSSR count). The summed E-state index contributed by atoms with van der Waals surface area (Å²) in [7, 11) is -3.43. The van der Waals surface area contributed by atoms with Gasteiger partial charge >= 0.3 is 0 Å². The van der Waals surface area contributed by atoms with Crippen LogP contribution in [0.5, 0.6) is 0 Å². The minimum atomic E-state index is -3.43. The van der Waals surface area contributed by atoms with E-state index in [1.165, 1.54) is 0 Å². The van der Waals surface area contributed by atoms with Crippen molar-refractivity contribution in [2.24, 2.45) is 0 Å². The molecule has 0 spiro atoms. The fourth-order valence-electron chi connectivity index (χ4n) is 1.35. The Morgan fingerprint density at radius 3 is 2.61 bits per heavy atom. The third kappa shape index (κ3) is 5.95. The van der Waals surface area contributed by atoms with Gasteiger partial charge < -0.3 is 5.11 Å². The number of aliphatic hydroxyl groups excluding tert-OH is 1. The van der Waals surface area contributed by atoms with Gasteiger partial charge in [-0.25, -0.2) is 13.1 Å². The number of aliphatic hydroxyl groups is 1. The van der Waals surface area contributed by atoms with E-state index in [-0.39, 0.29) is 6.54 Å². The maximum absolute atomic E-state index is 11.6. The molecule has 5 heteroatoms. The molecule has 0 fully saturated rings. The van der Waals surface area contributed by atoms with Crippen molar-refractivity contribution in [2.45, 2.75) is 25.9 Å². The molecule has 4 nitrogen and oxygen atoms in total. The molecule has 18 heavy (non-hydrogen) atoms. The molecular weight excluding hydrogens is 250 g/mol. The normalized spacial score (nSPS) is 13.9. The molecule has 0 aliphatic heterocycles. The number of nitrogens with one attached hydrogen (secondary N) is 1. The molecular formula is C13H19NO3S. The molecule has 0 bridgehead atoms. The van der Waals surface area contributed by atoms with Crippen LogP contribution in [-0.2, 0) is 10.0 Å². The monoisotopic (exact) mass is 269 g/mol. The summed E-state index contributed by atoms with van der Waals surface area (Å²) < 4.78 is 25.6. The summed E-state index contributed by atoms with van der Waals surface area (Å²) in [6.07, 6.45) is 2.14. The van der Waals surface area contributed by atoms with Gasteiger partial charge in [-0.1, -0.05) is 37.3 Å². The summed E-state index contributed by atoms with van der Waals surface area (Å²) in [4.78, 5) is 0. The Morgan fingerprint density at radius 1 is 1.33 bits per heavy atom. The highest BCUT2D eigenvalue weighted by Crippen LogP contribution is 2.03. The van der Waals surface area contributed by atoms with Gasteiger partial charge in [0.2, 0.25) is 10.0 Å². The van der Waals surface area contributed by atoms with Gasteiger partial charge in [-0.3, -0.25) is 0 Å². The molecule has 1 unspecified atom stereocenters. The van der Waals surface area contributed by atoms with E-state index < -0.39 is 16.1 Å². The van der Waals surface area contributed by atoms with E-state index in [9.17, 15) is 13.5 Å². The van der Waals surface area contributed by atoms with E-state index >= 15 is 0 Å². The van der Waals surface area contributed by atoms with E-state index in [4.69, 9.17) is 0 Å². The van der Waals surface area contributed by atoms with Gasteiger partial charge in [0, 0.05) is 12.0 Å². The standard InChI is InChI=1S/C13H19NO3S/c1-2-13(15)8-10-14-18(16,17)11-9-12-6-4-3-5-7-12/h3-7,9,11,13-15H,2,8,10H2,1H3/b11-9+. The smallest absolute Gasteiger partial charge is 0.233 e. The molecule has 0 heterocycles. The summed E-state index contributed by atoms with van der Waals surface area (Å²) >= 11 is 0. The average Bonchev–Trinajstić information content (AvgIpc) is 2.37. The first-order valence-electron chi connectivity index (χ1n) is 5.94. The number of sulfonamides is 1. The SMILES string of the molecule is CCC(O)CCNS(=O)(=O)/C=C/c1ccccc1. The minimum absolute atomic E-state index is 0.246. The Morgan fingerprint density at radius 2 is 2.00 bits per heavy atom. The highest BCUT2D eigenvalue weighted by atomic mass is 32.2. The minimum Gasteiger partial charge on any atom is -0.393 e. The third-order valence-corrected chi connectivity index (χ3v) is 3.59. The van der Waals surface area contributed by atoms with E-state index in [1.807, 2.05) is 37.3 Å². The van der Waals surface area contributed by atoms with E-state index in [0.29, 0.717) is 12.8 Å². The van der Waals surface area contributed by atoms with Crippen LogP contribution in [0.1, 0.15) is 25.3 Å². The predicted octanol–water partition coefficient (Wildman–Crippen LogP) is 1.74. The Hall–Kier alpha value is -1.17. The lowest BCUT2D eigenvalue weighted by Gasteiger charge is -2.07. The number of rotatable bonds is 7. The van der Waals surface area contributed by atoms with E-state index in [2.05, 4.69) is 4.72 Å². The van der Waals surface area contributed by atoms with Crippen LogP contribution < -0.4 is 4.72 Å². The van der Waals surface area contributed by atoms with Gasteiger partial charge in [-0.05, 0) is 24.5 Å². The second kappa shape index (κ2) is 7.31. The lowest BCUT2D eigenvalue weighted by atomic mass is 10.2. The molecule has 0 radical (unpaired) electrons. The van der Waals surface area contributed by atoms with Crippen molar-refractivity contribution in [1.29, 1.82) is 0 Å². The zero-order valence-corrected chi connectivity index (χ0v) is 11.2. The Balaban J connectivity index is 2.47. The average molecular weight is 269 g/mol. The second-order valence-electron chi connectivity index (χ2n) is 4.00. The highest BCUT2D eigenvalue weighted by Gasteiger charge is 2.06. The fourth-order valence-corrected chi connectivity index (χ4v) is 2.19. The fraction of sp³-hybridized carbons (Fsp3) is 0.385. The van der Waals surface area contributed by atoms with Gasteiger partial charge in [0.25, 0.3) is 0 Å². The van der Waals surface area contributed by atoms with Crippen molar-refractivity contribution >= 4 is 16.1 Å². The van der Waals surface area contributed by atoms with Gasteiger partial charge in [0.05, 0.1) is 6.10 Å². The molecule has 0 aliphatic carbocycles. The maximum atomic E-state index is 11.6. The topological polar surface area (TPSA) is 66.4 Å². The van der Waals surface area contributed by atoms with Crippen molar-refractivity contribution in [3.8, 4) is 0 Å². The van der Waals surface area contributed by atoms with Crippen LogP contribution in [0.4, 0.5) is 0 Å².